The number of carbonyl (C=O) groups excluding carboxylic acids is 1. The van der Waals surface area contributed by atoms with Gasteiger partial charge in [0.1, 0.15) is 6.10 Å². The molecule has 1 aliphatic rings. The first-order valence-electron chi connectivity index (χ1n) is 4.66. The molecule has 0 bridgehead atoms. The molecule has 0 fully saturated rings. The molecule has 0 saturated carbocycles. The Morgan fingerprint density at radius 3 is 1.56 bits per heavy atom. The molecule has 0 aromatic rings. The normalized spacial score (nSPS) is 17.4. The van der Waals surface area contributed by atoms with Gasteiger partial charge in [-0.25, -0.2) is 4.79 Å². The fourth-order valence-electron chi connectivity index (χ4n) is 0.945. The fraction of sp³-hybridized carbons (Fsp3) is 0.500. The molecule has 1 aliphatic heterocycles. The maximum atomic E-state index is 10.5. The smallest absolute Gasteiger partial charge is 0.790 e. The van der Waals surface area contributed by atoms with Gasteiger partial charge in [0.05, 0.1) is 22.3 Å². The standard InChI is InChI=1S/C6H8O6.4Na.H4O7P2/c7-1-2(8)5-3(9)4(10)6(11)12-5;;;;;1-8(2,3)7-9(4,5)6/h2,5,7-10H,1H2;;;;;(H2,1,2,3)(H2,4,5,6)/q;4*+1;/p-4/t2-,5+;;;;;/m0...../s1. The maximum absolute atomic E-state index is 10.5. The van der Waals surface area contributed by atoms with Gasteiger partial charge in [-0.3, -0.25) is 0 Å². The topological polar surface area (TPSA) is 243 Å². The third-order valence-electron chi connectivity index (χ3n) is 1.68. The molecule has 1 heterocycles. The van der Waals surface area contributed by atoms with Crippen molar-refractivity contribution in [2.75, 3.05) is 6.61 Å². The van der Waals surface area contributed by atoms with Gasteiger partial charge in [-0.1, -0.05) is 0 Å². The van der Waals surface area contributed by atoms with Gasteiger partial charge in [0.25, 0.3) is 0 Å². The minimum absolute atomic E-state index is 0. The van der Waals surface area contributed by atoms with Crippen LogP contribution in [0.4, 0.5) is 0 Å². The monoisotopic (exact) mass is 442 g/mol. The second-order valence-electron chi connectivity index (χ2n) is 3.29. The van der Waals surface area contributed by atoms with Gasteiger partial charge < -0.3 is 58.2 Å². The second kappa shape index (κ2) is 16.8. The van der Waals surface area contributed by atoms with Crippen molar-refractivity contribution < 1.29 is 181 Å². The second-order valence-corrected chi connectivity index (χ2v) is 5.73. The molecule has 2 atom stereocenters. The molecular weight excluding hydrogens is 434 g/mol. The SMILES string of the molecule is O=C1O[C@H]([C@@H](O)CO)C(O)=C1O.O=P([O-])([O-])OP(=O)([O-])[O-].[Na+].[Na+].[Na+].[Na+]. The summed E-state index contributed by atoms with van der Waals surface area (Å²) in [6, 6.07) is 0. The molecule has 13 nitrogen and oxygen atoms in total. The van der Waals surface area contributed by atoms with E-state index in [4.69, 9.17) is 20.4 Å². The molecule has 0 saturated heterocycles. The minimum Gasteiger partial charge on any atom is -0.790 e. The number of rotatable bonds is 4. The van der Waals surface area contributed by atoms with Gasteiger partial charge in [0.15, 0.2) is 11.9 Å². The Morgan fingerprint density at radius 1 is 1.04 bits per heavy atom. The van der Waals surface area contributed by atoms with E-state index >= 15 is 0 Å². The third kappa shape index (κ3) is 17.6. The van der Waals surface area contributed by atoms with Gasteiger partial charge in [-0.05, 0) is 0 Å². The summed E-state index contributed by atoms with van der Waals surface area (Å²) in [5.74, 6) is -2.78. The quantitative estimate of drug-likeness (QED) is 0.180. The van der Waals surface area contributed by atoms with Crippen LogP contribution in [0, 0.1) is 0 Å². The molecule has 124 valence electrons. The van der Waals surface area contributed by atoms with E-state index in [0.29, 0.717) is 0 Å². The molecule has 25 heavy (non-hydrogen) atoms. The largest absolute Gasteiger partial charge is 1.00 e. The first kappa shape index (κ1) is 38.6. The summed E-state index contributed by atoms with van der Waals surface area (Å²) in [7, 11) is -11.4. The molecule has 0 amide bonds. The van der Waals surface area contributed by atoms with Gasteiger partial charge >= 0.3 is 124 Å². The number of aliphatic hydroxyl groups excluding tert-OH is 4. The zero-order chi connectivity index (χ0) is 17.0. The number of aliphatic hydroxyl groups is 4. The van der Waals surface area contributed by atoms with Crippen LogP contribution in [-0.2, 0) is 23.0 Å². The molecule has 4 N–H and O–H groups in total. The Bertz CT molecular complexity index is 495. The fourth-order valence-corrected chi connectivity index (χ4v) is 1.93. The van der Waals surface area contributed by atoms with Crippen LogP contribution in [0.5, 0.6) is 0 Å². The van der Waals surface area contributed by atoms with Gasteiger partial charge in [0.2, 0.25) is 5.76 Å². The Kier molecular flexibility index (Phi) is 25.8. The van der Waals surface area contributed by atoms with Crippen molar-refractivity contribution in [2.45, 2.75) is 12.2 Å². The van der Waals surface area contributed by atoms with Crippen LogP contribution in [0.1, 0.15) is 0 Å². The van der Waals surface area contributed by atoms with Crippen molar-refractivity contribution in [3.8, 4) is 0 Å². The van der Waals surface area contributed by atoms with E-state index in [2.05, 4.69) is 9.05 Å². The van der Waals surface area contributed by atoms with Crippen molar-refractivity contribution in [1.29, 1.82) is 0 Å². The number of cyclic esters (lactones) is 1. The van der Waals surface area contributed by atoms with Gasteiger partial charge in [0, 0.05) is 0 Å². The van der Waals surface area contributed by atoms with E-state index in [1.54, 1.807) is 0 Å². The molecule has 1 rings (SSSR count). The average Bonchev–Trinajstić information content (AvgIpc) is 2.52. The van der Waals surface area contributed by atoms with E-state index in [1.165, 1.54) is 0 Å². The molecule has 0 aromatic heterocycles. The zero-order valence-corrected chi connectivity index (χ0v) is 23.5. The van der Waals surface area contributed by atoms with Crippen LogP contribution in [0.2, 0.25) is 0 Å². The molecule has 0 unspecified atom stereocenters. The third-order valence-corrected chi connectivity index (χ3v) is 3.28. The van der Waals surface area contributed by atoms with E-state index in [0.717, 1.165) is 0 Å². The first-order valence-corrected chi connectivity index (χ1v) is 7.58. The van der Waals surface area contributed by atoms with E-state index in [-0.39, 0.29) is 118 Å². The predicted octanol–water partition coefficient (Wildman–Crippen LogP) is -16.7. The summed E-state index contributed by atoms with van der Waals surface area (Å²) in [4.78, 5) is 47.8. The van der Waals surface area contributed by atoms with Crippen molar-refractivity contribution in [1.82, 2.24) is 0 Å². The van der Waals surface area contributed by atoms with E-state index < -0.39 is 51.9 Å². The molecule has 0 aliphatic carbocycles. The number of hydrogen-bond acceptors (Lipinski definition) is 13. The van der Waals surface area contributed by atoms with E-state index in [9.17, 15) is 33.5 Å². The minimum atomic E-state index is -5.68. The maximum Gasteiger partial charge on any atom is 1.00 e. The van der Waals surface area contributed by atoms with Crippen molar-refractivity contribution in [3.05, 3.63) is 11.5 Å². The van der Waals surface area contributed by atoms with Crippen LogP contribution < -0.4 is 138 Å². The number of ether oxygens (including phenoxy) is 1. The Labute approximate surface area is 229 Å². The van der Waals surface area contributed by atoms with E-state index in [1.807, 2.05) is 0 Å². The predicted molar refractivity (Wildman–Crippen MR) is 51.6 cm³/mol. The Balaban J connectivity index is -0.0000000949. The average molecular weight is 442 g/mol. The molecule has 0 aromatic carbocycles. The van der Waals surface area contributed by atoms with Crippen LogP contribution in [0.15, 0.2) is 11.5 Å². The van der Waals surface area contributed by atoms with Crippen LogP contribution >= 0.6 is 15.6 Å². The number of carbonyl (C=O) groups is 1. The van der Waals surface area contributed by atoms with Crippen molar-refractivity contribution in [3.63, 3.8) is 0 Å². The van der Waals surface area contributed by atoms with Crippen LogP contribution in [0.25, 0.3) is 0 Å². The van der Waals surface area contributed by atoms with Crippen molar-refractivity contribution >= 4 is 21.6 Å². The van der Waals surface area contributed by atoms with Crippen molar-refractivity contribution in [2.24, 2.45) is 0 Å². The van der Waals surface area contributed by atoms with Crippen LogP contribution in [0.3, 0.4) is 0 Å². The molecular formula is C6H8Na4O13P2. The summed E-state index contributed by atoms with van der Waals surface area (Å²) in [6.07, 6.45) is -2.78. The molecule has 0 radical (unpaired) electrons. The number of hydrogen-bond donors (Lipinski definition) is 4. The first-order chi connectivity index (χ1) is 9.28. The van der Waals surface area contributed by atoms with Gasteiger partial charge in [-0.15, -0.1) is 0 Å². The number of phosphoric acid groups is 2. The van der Waals surface area contributed by atoms with Crippen LogP contribution in [-0.4, -0.2) is 45.2 Å². The summed E-state index contributed by atoms with van der Waals surface area (Å²) in [5, 5.41) is 35.0. The molecule has 0 spiro atoms. The van der Waals surface area contributed by atoms with Gasteiger partial charge in [-0.2, -0.15) is 0 Å². The Hall–Kier alpha value is 2.99. The summed E-state index contributed by atoms with van der Waals surface area (Å²) in [6.45, 7) is -0.671. The molecule has 19 heteroatoms. The summed E-state index contributed by atoms with van der Waals surface area (Å²) >= 11 is 0. The summed E-state index contributed by atoms with van der Waals surface area (Å²) < 4.78 is 25.5. The number of esters is 1. The zero-order valence-electron chi connectivity index (χ0n) is 13.7. The summed E-state index contributed by atoms with van der Waals surface area (Å²) in [5.41, 5.74) is 0. The Morgan fingerprint density at radius 2 is 1.40 bits per heavy atom.